The third-order valence-electron chi connectivity index (χ3n) is 4.32. The van der Waals surface area contributed by atoms with E-state index in [2.05, 4.69) is 33.5 Å². The molecular formula is C18H20FP. The van der Waals surface area contributed by atoms with E-state index in [9.17, 15) is 4.39 Å². The highest BCUT2D eigenvalue weighted by molar-refractivity contribution is 7.27. The van der Waals surface area contributed by atoms with Crippen molar-refractivity contribution >= 4 is 14.5 Å². The molecule has 1 atom stereocenters. The minimum atomic E-state index is -0.163. The number of rotatable bonds is 2. The maximum atomic E-state index is 13.6. The van der Waals surface area contributed by atoms with E-state index in [0.29, 0.717) is 5.30 Å². The van der Waals surface area contributed by atoms with Gasteiger partial charge in [-0.05, 0) is 41.5 Å². The molecule has 0 bridgehead atoms. The third-order valence-corrected chi connectivity index (χ3v) is 4.79. The zero-order valence-corrected chi connectivity index (χ0v) is 12.8. The summed E-state index contributed by atoms with van der Waals surface area (Å²) in [5.41, 5.74) is 3.48. The molecule has 0 N–H and O–H groups in total. The fraction of sp³-hybridized carbons (Fsp3) is 0.333. The Balaban J connectivity index is 1.83. The highest BCUT2D eigenvalue weighted by Gasteiger charge is 2.15. The van der Waals surface area contributed by atoms with Gasteiger partial charge in [0.1, 0.15) is 5.82 Å². The maximum Gasteiger partial charge on any atom is 0.130 e. The normalized spacial score (nSPS) is 16.3. The summed E-state index contributed by atoms with van der Waals surface area (Å²) in [5.74, 6) is 0.563. The van der Waals surface area contributed by atoms with Gasteiger partial charge in [0.25, 0.3) is 0 Å². The van der Waals surface area contributed by atoms with Crippen LogP contribution < -0.4 is 5.30 Å². The van der Waals surface area contributed by atoms with Gasteiger partial charge in [-0.25, -0.2) is 4.39 Å². The van der Waals surface area contributed by atoms with Gasteiger partial charge < -0.3 is 0 Å². The predicted octanol–water partition coefficient (Wildman–Crippen LogP) is 5.04. The van der Waals surface area contributed by atoms with Gasteiger partial charge in [-0.15, -0.1) is 9.24 Å². The molecule has 1 unspecified atom stereocenters. The summed E-state index contributed by atoms with van der Waals surface area (Å²) < 4.78 is 13.6. The van der Waals surface area contributed by atoms with Crippen molar-refractivity contribution in [2.75, 3.05) is 0 Å². The van der Waals surface area contributed by atoms with Crippen molar-refractivity contribution in [3.8, 4) is 11.1 Å². The molecule has 1 aliphatic carbocycles. The second-order valence-corrected chi connectivity index (χ2v) is 6.32. The van der Waals surface area contributed by atoms with Gasteiger partial charge in [0.05, 0.1) is 0 Å². The first kappa shape index (κ1) is 13.8. The van der Waals surface area contributed by atoms with Crippen molar-refractivity contribution in [3.63, 3.8) is 0 Å². The summed E-state index contributed by atoms with van der Waals surface area (Å²) in [5, 5.41) is 0.618. The van der Waals surface area contributed by atoms with Crippen LogP contribution in [0.1, 0.15) is 43.6 Å². The smallest absolute Gasteiger partial charge is 0.130 e. The lowest BCUT2D eigenvalue weighted by Crippen LogP contribution is -2.04. The molecule has 0 nitrogen and oxygen atoms in total. The number of benzene rings is 2. The van der Waals surface area contributed by atoms with Crippen LogP contribution in [0.25, 0.3) is 11.1 Å². The molecule has 0 radical (unpaired) electrons. The molecule has 0 aliphatic heterocycles. The molecular weight excluding hydrogens is 266 g/mol. The summed E-state index contributed by atoms with van der Waals surface area (Å²) in [7, 11) is 2.42. The van der Waals surface area contributed by atoms with Crippen molar-refractivity contribution in [1.82, 2.24) is 0 Å². The second kappa shape index (κ2) is 6.06. The number of hydrogen-bond donors (Lipinski definition) is 0. The molecule has 2 aromatic rings. The Bertz CT molecular complexity index is 583. The molecule has 1 aliphatic rings. The molecule has 2 heteroatoms. The summed E-state index contributed by atoms with van der Waals surface area (Å²) in [6.45, 7) is 0. The highest BCUT2D eigenvalue weighted by Crippen LogP contribution is 2.33. The van der Waals surface area contributed by atoms with E-state index >= 15 is 0 Å². The zero-order chi connectivity index (χ0) is 13.9. The first-order valence-electron chi connectivity index (χ1n) is 7.39. The van der Waals surface area contributed by atoms with E-state index < -0.39 is 0 Å². The van der Waals surface area contributed by atoms with Gasteiger partial charge in [0.2, 0.25) is 0 Å². The molecule has 104 valence electrons. The third kappa shape index (κ3) is 2.94. The van der Waals surface area contributed by atoms with Gasteiger partial charge in [-0.1, -0.05) is 55.7 Å². The van der Waals surface area contributed by atoms with Gasteiger partial charge in [-0.3, -0.25) is 0 Å². The lowest BCUT2D eigenvalue weighted by molar-refractivity contribution is 0.443. The topological polar surface area (TPSA) is 0 Å². The van der Waals surface area contributed by atoms with Crippen LogP contribution in [0.3, 0.4) is 0 Å². The summed E-state index contributed by atoms with van der Waals surface area (Å²) in [6.07, 6.45) is 6.72. The van der Waals surface area contributed by atoms with Crippen molar-refractivity contribution in [1.29, 1.82) is 0 Å². The zero-order valence-electron chi connectivity index (χ0n) is 11.6. The van der Waals surface area contributed by atoms with Crippen molar-refractivity contribution in [2.45, 2.75) is 38.0 Å². The first-order chi connectivity index (χ1) is 9.74. The highest BCUT2D eigenvalue weighted by atomic mass is 31.0. The lowest BCUT2D eigenvalue weighted by Gasteiger charge is -2.22. The Labute approximate surface area is 122 Å². The Morgan fingerprint density at radius 2 is 1.50 bits per heavy atom. The minimum absolute atomic E-state index is 0.163. The molecule has 2 aromatic carbocycles. The average Bonchev–Trinajstić information content (AvgIpc) is 2.51. The Kier molecular flexibility index (Phi) is 4.17. The van der Waals surface area contributed by atoms with Crippen LogP contribution in [0, 0.1) is 5.82 Å². The van der Waals surface area contributed by atoms with Crippen LogP contribution in [0.15, 0.2) is 42.5 Å². The molecule has 0 amide bonds. The van der Waals surface area contributed by atoms with Gasteiger partial charge >= 0.3 is 0 Å². The molecule has 20 heavy (non-hydrogen) atoms. The van der Waals surface area contributed by atoms with Crippen molar-refractivity contribution in [3.05, 3.63) is 53.8 Å². The van der Waals surface area contributed by atoms with E-state index in [-0.39, 0.29) is 5.82 Å². The Morgan fingerprint density at radius 1 is 0.850 bits per heavy atom. The molecule has 0 aromatic heterocycles. The first-order valence-corrected chi connectivity index (χ1v) is 7.97. The van der Waals surface area contributed by atoms with Gasteiger partial charge in [0, 0.05) is 5.30 Å². The molecule has 3 rings (SSSR count). The van der Waals surface area contributed by atoms with Gasteiger partial charge in [-0.2, -0.15) is 0 Å². The van der Waals surface area contributed by atoms with E-state index in [1.165, 1.54) is 37.7 Å². The Hall–Kier alpha value is -1.20. The monoisotopic (exact) mass is 286 g/mol. The quantitative estimate of drug-likeness (QED) is 0.678. The molecule has 1 saturated carbocycles. The minimum Gasteiger partial charge on any atom is -0.206 e. The average molecular weight is 286 g/mol. The molecule has 0 saturated heterocycles. The van der Waals surface area contributed by atoms with Crippen LogP contribution >= 0.6 is 9.24 Å². The van der Waals surface area contributed by atoms with Crippen LogP contribution in [0.5, 0.6) is 0 Å². The van der Waals surface area contributed by atoms with Crippen LogP contribution in [0.4, 0.5) is 4.39 Å². The van der Waals surface area contributed by atoms with Crippen LogP contribution in [0.2, 0.25) is 0 Å². The fourth-order valence-corrected chi connectivity index (χ4v) is 3.27. The van der Waals surface area contributed by atoms with Gasteiger partial charge in [0.15, 0.2) is 0 Å². The van der Waals surface area contributed by atoms with E-state index in [0.717, 1.165) is 17.0 Å². The molecule has 1 fully saturated rings. The van der Waals surface area contributed by atoms with Crippen LogP contribution in [-0.4, -0.2) is 0 Å². The van der Waals surface area contributed by atoms with Crippen molar-refractivity contribution in [2.24, 2.45) is 0 Å². The maximum absolute atomic E-state index is 13.6. The summed E-state index contributed by atoms with van der Waals surface area (Å²) >= 11 is 0. The summed E-state index contributed by atoms with van der Waals surface area (Å²) in [4.78, 5) is 0. The van der Waals surface area contributed by atoms with E-state index in [1.807, 2.05) is 12.1 Å². The SMILES string of the molecule is Fc1cc(-c2ccc(C3CCCCC3)cc2)ccc1P. The second-order valence-electron chi connectivity index (χ2n) is 5.69. The Morgan fingerprint density at radius 3 is 2.15 bits per heavy atom. The summed E-state index contributed by atoms with van der Waals surface area (Å²) in [6, 6.07) is 14.1. The van der Waals surface area contributed by atoms with Crippen molar-refractivity contribution < 1.29 is 4.39 Å². The standard InChI is InChI=1S/C18H20FP/c19-17-12-16(10-11-18(17)20)15-8-6-14(7-9-15)13-4-2-1-3-5-13/h6-13H,1-5,20H2. The molecule has 0 heterocycles. The fourth-order valence-electron chi connectivity index (χ4n) is 3.09. The number of halogens is 1. The molecule has 0 spiro atoms. The predicted molar refractivity (Wildman–Crippen MR) is 87.0 cm³/mol. The van der Waals surface area contributed by atoms with Crippen LogP contribution in [-0.2, 0) is 0 Å². The lowest BCUT2D eigenvalue weighted by atomic mass is 9.84. The largest absolute Gasteiger partial charge is 0.206 e. The van der Waals surface area contributed by atoms with E-state index in [4.69, 9.17) is 0 Å². The number of hydrogen-bond acceptors (Lipinski definition) is 0. The van der Waals surface area contributed by atoms with E-state index in [1.54, 1.807) is 6.07 Å².